The van der Waals surface area contributed by atoms with E-state index in [9.17, 15) is 4.79 Å². The number of ketones is 1. The summed E-state index contributed by atoms with van der Waals surface area (Å²) in [6, 6.07) is 0. The van der Waals surface area contributed by atoms with Crippen LogP contribution in [0.2, 0.25) is 0 Å². The van der Waals surface area contributed by atoms with Crippen LogP contribution in [0.3, 0.4) is 0 Å². The van der Waals surface area contributed by atoms with Gasteiger partial charge in [0.05, 0.1) is 0 Å². The van der Waals surface area contributed by atoms with Gasteiger partial charge in [-0.1, -0.05) is 27.2 Å². The summed E-state index contributed by atoms with van der Waals surface area (Å²) in [6.45, 7) is 8.47. The third-order valence-corrected chi connectivity index (χ3v) is 5.29. The number of carbonyl (C=O) groups excluding carboxylic acids is 1. The summed E-state index contributed by atoms with van der Waals surface area (Å²) in [5.74, 6) is 2.43. The fourth-order valence-electron chi connectivity index (χ4n) is 3.64. The number of ether oxygens (including phenoxy) is 1. The number of hydrogen-bond acceptors (Lipinski definition) is 2. The van der Waals surface area contributed by atoms with Crippen LogP contribution in [0.4, 0.5) is 0 Å². The van der Waals surface area contributed by atoms with Gasteiger partial charge in [0.25, 0.3) is 0 Å². The first-order valence-electron chi connectivity index (χ1n) is 8.62. The number of unbranched alkanes of at least 4 members (excludes halogenated alkanes) is 2. The highest BCUT2D eigenvalue weighted by molar-refractivity contribution is 5.81. The van der Waals surface area contributed by atoms with Gasteiger partial charge in [0, 0.05) is 25.6 Å². The summed E-state index contributed by atoms with van der Waals surface area (Å²) in [6.07, 6.45) is 9.11. The molecule has 2 aliphatic rings. The lowest BCUT2D eigenvalue weighted by atomic mass is 9.80. The van der Waals surface area contributed by atoms with E-state index in [1.54, 1.807) is 0 Å². The summed E-state index contributed by atoms with van der Waals surface area (Å²) in [4.78, 5) is 12.2. The van der Waals surface area contributed by atoms with E-state index in [0.29, 0.717) is 23.0 Å². The number of carbonyl (C=O) groups is 1. The lowest BCUT2D eigenvalue weighted by Gasteiger charge is -2.24. The van der Waals surface area contributed by atoms with Crippen molar-refractivity contribution in [2.45, 2.75) is 72.1 Å². The van der Waals surface area contributed by atoms with Gasteiger partial charge >= 0.3 is 0 Å². The molecule has 3 atom stereocenters. The van der Waals surface area contributed by atoms with Crippen LogP contribution in [0.5, 0.6) is 0 Å². The maximum absolute atomic E-state index is 12.2. The Hall–Kier alpha value is -0.370. The molecule has 0 spiro atoms. The van der Waals surface area contributed by atoms with Crippen molar-refractivity contribution in [2.75, 3.05) is 13.2 Å². The number of fused-ring (bicyclic) bond motifs is 1. The molecule has 0 amide bonds. The SMILES string of the molecule is CC(C)COCCCCCC(=O)C1CCC2(C)CC2C1. The predicted molar refractivity (Wildman–Crippen MR) is 82.7 cm³/mol. The second kappa shape index (κ2) is 7.06. The molecular formula is C18H32O2. The van der Waals surface area contributed by atoms with Crippen molar-refractivity contribution in [3.63, 3.8) is 0 Å². The largest absolute Gasteiger partial charge is 0.381 e. The van der Waals surface area contributed by atoms with Crippen molar-refractivity contribution < 1.29 is 9.53 Å². The molecule has 0 bridgehead atoms. The minimum Gasteiger partial charge on any atom is -0.381 e. The lowest BCUT2D eigenvalue weighted by Crippen LogP contribution is -2.21. The molecule has 0 aromatic carbocycles. The average Bonchev–Trinajstić information content (AvgIpc) is 3.07. The Balaban J connectivity index is 1.48. The Bertz CT molecular complexity index is 323. The Morgan fingerprint density at radius 3 is 2.80 bits per heavy atom. The first-order valence-corrected chi connectivity index (χ1v) is 8.62. The van der Waals surface area contributed by atoms with Gasteiger partial charge in [0.2, 0.25) is 0 Å². The summed E-state index contributed by atoms with van der Waals surface area (Å²) in [5.41, 5.74) is 0.629. The van der Waals surface area contributed by atoms with E-state index < -0.39 is 0 Å². The van der Waals surface area contributed by atoms with E-state index in [1.165, 1.54) is 19.3 Å². The fourth-order valence-corrected chi connectivity index (χ4v) is 3.64. The van der Waals surface area contributed by atoms with Crippen molar-refractivity contribution in [1.82, 2.24) is 0 Å². The third kappa shape index (κ3) is 4.58. The van der Waals surface area contributed by atoms with E-state index in [-0.39, 0.29) is 0 Å². The molecular weight excluding hydrogens is 248 g/mol. The molecule has 2 fully saturated rings. The molecule has 2 nitrogen and oxygen atoms in total. The van der Waals surface area contributed by atoms with Gasteiger partial charge < -0.3 is 4.74 Å². The predicted octanol–water partition coefficient (Wildman–Crippen LogP) is 4.61. The highest BCUT2D eigenvalue weighted by Gasteiger charge is 2.53. The monoisotopic (exact) mass is 280 g/mol. The maximum atomic E-state index is 12.2. The molecule has 20 heavy (non-hydrogen) atoms. The summed E-state index contributed by atoms with van der Waals surface area (Å²) >= 11 is 0. The highest BCUT2D eigenvalue weighted by Crippen LogP contribution is 2.62. The zero-order valence-corrected chi connectivity index (χ0v) is 13.6. The molecule has 2 rings (SSSR count). The smallest absolute Gasteiger partial charge is 0.135 e. The zero-order chi connectivity index (χ0) is 14.6. The molecule has 0 aromatic heterocycles. The van der Waals surface area contributed by atoms with E-state index in [2.05, 4.69) is 20.8 Å². The molecule has 116 valence electrons. The van der Waals surface area contributed by atoms with Crippen molar-refractivity contribution in [3.05, 3.63) is 0 Å². The zero-order valence-electron chi connectivity index (χ0n) is 13.6. The standard InChI is InChI=1S/C18H32O2/c1-14(2)13-20-10-6-4-5-7-17(19)15-8-9-18(3)12-16(18)11-15/h14-16H,4-13H2,1-3H3. The van der Waals surface area contributed by atoms with Crippen LogP contribution >= 0.6 is 0 Å². The van der Waals surface area contributed by atoms with Gasteiger partial charge in [0.1, 0.15) is 5.78 Å². The molecule has 0 aliphatic heterocycles. The van der Waals surface area contributed by atoms with E-state index in [0.717, 1.165) is 51.2 Å². The second-order valence-electron chi connectivity index (χ2n) is 7.77. The van der Waals surface area contributed by atoms with Crippen LogP contribution in [0.15, 0.2) is 0 Å². The number of Topliss-reactive ketones (excluding diaryl/α,β-unsaturated/α-hetero) is 1. The van der Waals surface area contributed by atoms with Crippen LogP contribution in [-0.2, 0) is 9.53 Å². The quantitative estimate of drug-likeness (QED) is 0.576. The molecule has 2 aliphatic carbocycles. The molecule has 2 heteroatoms. The molecule has 0 radical (unpaired) electrons. The third-order valence-electron chi connectivity index (χ3n) is 5.29. The van der Waals surface area contributed by atoms with Gasteiger partial charge in [-0.3, -0.25) is 4.79 Å². The highest BCUT2D eigenvalue weighted by atomic mass is 16.5. The molecule has 2 saturated carbocycles. The Kier molecular flexibility index (Phi) is 5.65. The van der Waals surface area contributed by atoms with Gasteiger partial charge in [0.15, 0.2) is 0 Å². The summed E-state index contributed by atoms with van der Waals surface area (Å²) in [7, 11) is 0. The van der Waals surface area contributed by atoms with Crippen molar-refractivity contribution in [2.24, 2.45) is 23.2 Å². The summed E-state index contributed by atoms with van der Waals surface area (Å²) < 4.78 is 5.56. The summed E-state index contributed by atoms with van der Waals surface area (Å²) in [5, 5.41) is 0. The fraction of sp³-hybridized carbons (Fsp3) is 0.944. The first-order chi connectivity index (χ1) is 9.51. The van der Waals surface area contributed by atoms with Crippen LogP contribution in [0, 0.1) is 23.2 Å². The van der Waals surface area contributed by atoms with E-state index in [4.69, 9.17) is 4.74 Å². The number of rotatable bonds is 9. The minimum atomic E-state index is 0.396. The van der Waals surface area contributed by atoms with Crippen LogP contribution in [-0.4, -0.2) is 19.0 Å². The van der Waals surface area contributed by atoms with Gasteiger partial charge in [-0.05, 0) is 55.8 Å². The van der Waals surface area contributed by atoms with Crippen LogP contribution in [0.1, 0.15) is 72.1 Å². The molecule has 0 N–H and O–H groups in total. The van der Waals surface area contributed by atoms with Gasteiger partial charge in [-0.2, -0.15) is 0 Å². The maximum Gasteiger partial charge on any atom is 0.135 e. The van der Waals surface area contributed by atoms with Crippen LogP contribution in [0.25, 0.3) is 0 Å². The minimum absolute atomic E-state index is 0.396. The Morgan fingerprint density at radius 1 is 1.30 bits per heavy atom. The first kappa shape index (κ1) is 16.0. The van der Waals surface area contributed by atoms with Crippen molar-refractivity contribution >= 4 is 5.78 Å². The van der Waals surface area contributed by atoms with E-state index in [1.807, 2.05) is 0 Å². The van der Waals surface area contributed by atoms with Crippen LogP contribution < -0.4 is 0 Å². The Labute approximate surface area is 124 Å². The lowest BCUT2D eigenvalue weighted by molar-refractivity contribution is -0.124. The topological polar surface area (TPSA) is 26.3 Å². The normalized spacial score (nSPS) is 32.2. The molecule has 0 heterocycles. The van der Waals surface area contributed by atoms with Crippen molar-refractivity contribution in [3.8, 4) is 0 Å². The number of hydrogen-bond donors (Lipinski definition) is 0. The van der Waals surface area contributed by atoms with Crippen molar-refractivity contribution in [1.29, 1.82) is 0 Å². The van der Waals surface area contributed by atoms with E-state index >= 15 is 0 Å². The molecule has 0 saturated heterocycles. The van der Waals surface area contributed by atoms with Gasteiger partial charge in [-0.15, -0.1) is 0 Å². The molecule has 3 unspecified atom stereocenters. The second-order valence-corrected chi connectivity index (χ2v) is 7.77. The molecule has 0 aromatic rings. The Morgan fingerprint density at radius 2 is 2.10 bits per heavy atom. The average molecular weight is 280 g/mol. The van der Waals surface area contributed by atoms with Gasteiger partial charge in [-0.25, -0.2) is 0 Å².